The molecule has 32 heavy (non-hydrogen) atoms. The van der Waals surface area contributed by atoms with Crippen molar-refractivity contribution < 1.29 is 18.0 Å². The number of likely N-dealkylation sites (tertiary alicyclic amines) is 1. The molecule has 9 heteroatoms. The first-order valence-corrected chi connectivity index (χ1v) is 13.5. The van der Waals surface area contributed by atoms with Gasteiger partial charge in [0.25, 0.3) is 15.9 Å². The SMILES string of the molecule is CCc1ccc(NC(=O)C2CCN(S(=O)(=O)c3cc(C(=O)N4CCCC4)cs3)CC2)cc1. The Labute approximate surface area is 193 Å². The lowest BCUT2D eigenvalue weighted by molar-refractivity contribution is -0.120. The second-order valence-corrected chi connectivity index (χ2v) is 11.4. The van der Waals surface area contributed by atoms with Crippen molar-refractivity contribution in [2.45, 2.75) is 43.2 Å². The van der Waals surface area contributed by atoms with Crippen molar-refractivity contribution >= 4 is 38.9 Å². The summed E-state index contributed by atoms with van der Waals surface area (Å²) >= 11 is 1.09. The first-order valence-electron chi connectivity index (χ1n) is 11.2. The fourth-order valence-corrected chi connectivity index (χ4v) is 7.00. The summed E-state index contributed by atoms with van der Waals surface area (Å²) in [6, 6.07) is 9.28. The minimum atomic E-state index is -3.66. The van der Waals surface area contributed by atoms with Gasteiger partial charge < -0.3 is 10.2 Å². The van der Waals surface area contributed by atoms with E-state index >= 15 is 0 Å². The van der Waals surface area contributed by atoms with Crippen LogP contribution in [0.25, 0.3) is 0 Å². The van der Waals surface area contributed by atoms with Crippen LogP contribution in [0.3, 0.4) is 0 Å². The smallest absolute Gasteiger partial charge is 0.254 e. The van der Waals surface area contributed by atoms with E-state index in [9.17, 15) is 18.0 Å². The molecule has 1 N–H and O–H groups in total. The molecule has 2 aliphatic heterocycles. The Kier molecular flexibility index (Phi) is 6.97. The van der Waals surface area contributed by atoms with E-state index in [1.165, 1.54) is 15.9 Å². The highest BCUT2D eigenvalue weighted by molar-refractivity contribution is 7.91. The third-order valence-corrected chi connectivity index (χ3v) is 9.58. The van der Waals surface area contributed by atoms with Gasteiger partial charge in [-0.2, -0.15) is 4.31 Å². The van der Waals surface area contributed by atoms with E-state index in [0.29, 0.717) is 31.5 Å². The van der Waals surface area contributed by atoms with Crippen molar-refractivity contribution in [3.8, 4) is 0 Å². The van der Waals surface area contributed by atoms with Crippen molar-refractivity contribution in [3.63, 3.8) is 0 Å². The zero-order valence-electron chi connectivity index (χ0n) is 18.2. The third kappa shape index (κ3) is 4.89. The molecule has 0 bridgehead atoms. The predicted molar refractivity (Wildman–Crippen MR) is 125 cm³/mol. The monoisotopic (exact) mass is 475 g/mol. The Balaban J connectivity index is 1.34. The number of nitrogens with one attached hydrogen (secondary N) is 1. The van der Waals surface area contributed by atoms with Gasteiger partial charge in [-0.05, 0) is 55.9 Å². The molecule has 1 aromatic heterocycles. The zero-order chi connectivity index (χ0) is 22.7. The molecule has 2 aromatic rings. The largest absolute Gasteiger partial charge is 0.339 e. The van der Waals surface area contributed by atoms with Crippen molar-refractivity contribution in [1.82, 2.24) is 9.21 Å². The number of amides is 2. The lowest BCUT2D eigenvalue weighted by Crippen LogP contribution is -2.41. The molecule has 0 radical (unpaired) electrons. The highest BCUT2D eigenvalue weighted by Crippen LogP contribution is 2.29. The van der Waals surface area contributed by atoms with Gasteiger partial charge in [0.1, 0.15) is 4.21 Å². The molecule has 172 valence electrons. The summed E-state index contributed by atoms with van der Waals surface area (Å²) < 4.78 is 27.8. The highest BCUT2D eigenvalue weighted by Gasteiger charge is 2.33. The second kappa shape index (κ2) is 9.72. The molecule has 4 rings (SSSR count). The molecule has 2 aliphatic rings. The molecule has 2 saturated heterocycles. The summed E-state index contributed by atoms with van der Waals surface area (Å²) in [5.74, 6) is -0.383. The highest BCUT2D eigenvalue weighted by atomic mass is 32.2. The van der Waals surface area contributed by atoms with Gasteiger partial charge in [0.2, 0.25) is 5.91 Å². The van der Waals surface area contributed by atoms with Gasteiger partial charge in [0.15, 0.2) is 0 Å². The van der Waals surface area contributed by atoms with Gasteiger partial charge in [-0.1, -0.05) is 19.1 Å². The summed E-state index contributed by atoms with van der Waals surface area (Å²) in [6.07, 6.45) is 3.88. The number of benzene rings is 1. The molecule has 0 aliphatic carbocycles. The zero-order valence-corrected chi connectivity index (χ0v) is 19.9. The van der Waals surface area contributed by atoms with Gasteiger partial charge in [-0.25, -0.2) is 8.42 Å². The number of carbonyl (C=O) groups excluding carboxylic acids is 2. The number of thiophene rings is 1. The van der Waals surface area contributed by atoms with Gasteiger partial charge in [-0.15, -0.1) is 11.3 Å². The van der Waals surface area contributed by atoms with Gasteiger partial charge in [-0.3, -0.25) is 9.59 Å². The number of piperidine rings is 1. The molecule has 2 amide bonds. The molecular formula is C23H29N3O4S2. The molecule has 2 fully saturated rings. The summed E-state index contributed by atoms with van der Waals surface area (Å²) in [4.78, 5) is 27.0. The van der Waals surface area contributed by atoms with Gasteiger partial charge in [0, 0.05) is 43.2 Å². The minimum absolute atomic E-state index is 0.0686. The molecule has 0 saturated carbocycles. The number of rotatable bonds is 6. The maximum absolute atomic E-state index is 13.1. The topological polar surface area (TPSA) is 86.8 Å². The van der Waals surface area contributed by atoms with Crippen LogP contribution in [-0.4, -0.2) is 55.6 Å². The summed E-state index contributed by atoms with van der Waals surface area (Å²) in [6.45, 7) is 4.13. The maximum atomic E-state index is 13.1. The Morgan fingerprint density at radius 2 is 1.72 bits per heavy atom. The molecule has 0 spiro atoms. The van der Waals surface area contributed by atoms with E-state index in [-0.39, 0.29) is 21.9 Å². The number of carbonyl (C=O) groups is 2. The fourth-order valence-electron chi connectivity index (χ4n) is 4.22. The van der Waals surface area contributed by atoms with Crippen molar-refractivity contribution in [2.24, 2.45) is 5.92 Å². The molecule has 0 atom stereocenters. The summed E-state index contributed by atoms with van der Waals surface area (Å²) in [7, 11) is -3.66. The molecule has 0 unspecified atom stereocenters. The quantitative estimate of drug-likeness (QED) is 0.692. The summed E-state index contributed by atoms with van der Waals surface area (Å²) in [5.41, 5.74) is 2.41. The number of sulfonamides is 1. The molecular weight excluding hydrogens is 446 g/mol. The second-order valence-electron chi connectivity index (χ2n) is 8.37. The van der Waals surface area contributed by atoms with Crippen LogP contribution in [0, 0.1) is 5.92 Å². The van der Waals surface area contributed by atoms with E-state index in [0.717, 1.165) is 49.4 Å². The Hall–Kier alpha value is -2.23. The average molecular weight is 476 g/mol. The number of aryl methyl sites for hydroxylation is 1. The lowest BCUT2D eigenvalue weighted by atomic mass is 9.97. The Morgan fingerprint density at radius 3 is 2.34 bits per heavy atom. The number of hydrogen-bond acceptors (Lipinski definition) is 5. The first-order chi connectivity index (χ1) is 15.4. The van der Waals surface area contributed by atoms with E-state index in [1.54, 1.807) is 10.3 Å². The molecule has 3 heterocycles. The van der Waals surface area contributed by atoms with Crippen molar-refractivity contribution in [3.05, 3.63) is 46.8 Å². The number of hydrogen-bond donors (Lipinski definition) is 1. The van der Waals surface area contributed by atoms with E-state index in [1.807, 2.05) is 24.3 Å². The third-order valence-electron chi connectivity index (χ3n) is 6.26. The predicted octanol–water partition coefficient (Wildman–Crippen LogP) is 3.59. The van der Waals surface area contributed by atoms with Crippen LogP contribution >= 0.6 is 11.3 Å². The Morgan fingerprint density at radius 1 is 1.06 bits per heavy atom. The van der Waals surface area contributed by atoms with Crippen molar-refractivity contribution in [1.29, 1.82) is 0 Å². The number of nitrogens with zero attached hydrogens (tertiary/aromatic N) is 2. The summed E-state index contributed by atoms with van der Waals surface area (Å²) in [5, 5.41) is 4.58. The molecule has 7 nitrogen and oxygen atoms in total. The van der Waals surface area contributed by atoms with Crippen LogP contribution in [0.15, 0.2) is 39.9 Å². The van der Waals surface area contributed by atoms with Crippen LogP contribution in [0.4, 0.5) is 5.69 Å². The van der Waals surface area contributed by atoms with Crippen LogP contribution < -0.4 is 5.32 Å². The van der Waals surface area contributed by atoms with Crippen molar-refractivity contribution in [2.75, 3.05) is 31.5 Å². The number of anilines is 1. The normalized spacial score (nSPS) is 18.1. The van der Waals surface area contributed by atoms with E-state index < -0.39 is 10.0 Å². The first kappa shape index (κ1) is 22.9. The molecule has 1 aromatic carbocycles. The van der Waals surface area contributed by atoms with E-state index in [4.69, 9.17) is 0 Å². The van der Waals surface area contributed by atoms with E-state index in [2.05, 4.69) is 12.2 Å². The van der Waals surface area contributed by atoms with Crippen LogP contribution in [0.5, 0.6) is 0 Å². The van der Waals surface area contributed by atoms with Gasteiger partial charge >= 0.3 is 0 Å². The fraction of sp³-hybridized carbons (Fsp3) is 0.478. The van der Waals surface area contributed by atoms with Crippen LogP contribution in [0.2, 0.25) is 0 Å². The average Bonchev–Trinajstić information content (AvgIpc) is 3.52. The maximum Gasteiger partial charge on any atom is 0.254 e. The lowest BCUT2D eigenvalue weighted by Gasteiger charge is -2.30. The Bertz CT molecular complexity index is 1060. The minimum Gasteiger partial charge on any atom is -0.339 e. The standard InChI is InChI=1S/C23H29N3O4S2/c1-2-17-5-7-20(8-6-17)24-22(27)18-9-13-26(14-10-18)32(29,30)21-15-19(16-31-21)23(28)25-11-3-4-12-25/h5-8,15-16,18H,2-4,9-14H2,1H3,(H,24,27). The van der Waals surface area contributed by atoms with Crippen LogP contribution in [0.1, 0.15) is 48.5 Å². The van der Waals surface area contributed by atoms with Crippen LogP contribution in [-0.2, 0) is 21.2 Å². The van der Waals surface area contributed by atoms with Gasteiger partial charge in [0.05, 0.1) is 5.56 Å².